The van der Waals surface area contributed by atoms with Gasteiger partial charge in [0.15, 0.2) is 0 Å². The fourth-order valence-corrected chi connectivity index (χ4v) is 2.88. The van der Waals surface area contributed by atoms with Gasteiger partial charge in [0.05, 0.1) is 6.54 Å². The molecule has 96 valence electrons. The van der Waals surface area contributed by atoms with Crippen molar-refractivity contribution in [2.24, 2.45) is 5.73 Å². The van der Waals surface area contributed by atoms with Crippen molar-refractivity contribution in [2.45, 2.75) is 18.9 Å². The lowest BCUT2D eigenvalue weighted by atomic mass is 10.2. The zero-order valence-electron chi connectivity index (χ0n) is 10.5. The molecule has 4 nitrogen and oxygen atoms in total. The van der Waals surface area contributed by atoms with Crippen LogP contribution in [0.25, 0.3) is 0 Å². The molecule has 0 aromatic heterocycles. The number of anilines is 1. The third kappa shape index (κ3) is 2.13. The molecule has 0 aliphatic carbocycles. The van der Waals surface area contributed by atoms with Crippen LogP contribution in [0.5, 0.6) is 0 Å². The van der Waals surface area contributed by atoms with Crippen LogP contribution in [0.3, 0.4) is 0 Å². The fourth-order valence-electron chi connectivity index (χ4n) is 2.88. The second kappa shape index (κ2) is 4.71. The minimum absolute atomic E-state index is 0.203. The van der Waals surface area contributed by atoms with Gasteiger partial charge in [0, 0.05) is 31.4 Å². The van der Waals surface area contributed by atoms with Gasteiger partial charge in [-0.25, -0.2) is 0 Å². The average Bonchev–Trinajstić information content (AvgIpc) is 2.95. The number of para-hydroxylation sites is 1. The Morgan fingerprint density at radius 2 is 2.17 bits per heavy atom. The van der Waals surface area contributed by atoms with Crippen molar-refractivity contribution in [3.8, 4) is 0 Å². The Balaban J connectivity index is 1.67. The molecule has 1 atom stereocenters. The number of nitrogens with two attached hydrogens (primary N) is 1. The number of hydrogen-bond acceptors (Lipinski definition) is 3. The van der Waals surface area contributed by atoms with Crippen molar-refractivity contribution in [1.82, 2.24) is 4.90 Å². The van der Waals surface area contributed by atoms with Crippen LogP contribution >= 0.6 is 0 Å². The van der Waals surface area contributed by atoms with Crippen LogP contribution in [0.2, 0.25) is 0 Å². The summed E-state index contributed by atoms with van der Waals surface area (Å²) < 4.78 is 0. The van der Waals surface area contributed by atoms with Crippen LogP contribution in [0.4, 0.5) is 5.69 Å². The summed E-state index contributed by atoms with van der Waals surface area (Å²) in [6.45, 7) is 3.11. The Hall–Kier alpha value is -1.39. The maximum Gasteiger partial charge on any atom is 0.241 e. The Morgan fingerprint density at radius 3 is 2.94 bits per heavy atom. The molecule has 2 heterocycles. The molecule has 0 bridgehead atoms. The fraction of sp³-hybridized carbons (Fsp3) is 0.500. The normalized spacial score (nSPS) is 23.4. The predicted octanol–water partition coefficient (Wildman–Crippen LogP) is 0.609. The molecule has 0 radical (unpaired) electrons. The molecule has 1 aromatic carbocycles. The summed E-state index contributed by atoms with van der Waals surface area (Å²) >= 11 is 0. The van der Waals surface area contributed by atoms with Crippen LogP contribution in [-0.4, -0.2) is 43.0 Å². The zero-order valence-corrected chi connectivity index (χ0v) is 10.5. The number of carbonyl (C=O) groups excluding carboxylic acids is 1. The number of likely N-dealkylation sites (tertiary alicyclic amines) is 1. The minimum Gasteiger partial charge on any atom is -0.326 e. The second-order valence-corrected chi connectivity index (χ2v) is 5.21. The molecule has 2 N–H and O–H groups in total. The molecule has 2 aliphatic rings. The second-order valence-electron chi connectivity index (χ2n) is 5.21. The van der Waals surface area contributed by atoms with Gasteiger partial charge < -0.3 is 10.6 Å². The van der Waals surface area contributed by atoms with Gasteiger partial charge in [0.1, 0.15) is 0 Å². The van der Waals surface area contributed by atoms with Crippen LogP contribution < -0.4 is 10.6 Å². The van der Waals surface area contributed by atoms with Gasteiger partial charge in [-0.3, -0.25) is 9.69 Å². The van der Waals surface area contributed by atoms with E-state index in [-0.39, 0.29) is 11.9 Å². The van der Waals surface area contributed by atoms with Gasteiger partial charge in [0.2, 0.25) is 5.91 Å². The lowest BCUT2D eigenvalue weighted by molar-refractivity contribution is -0.119. The van der Waals surface area contributed by atoms with Crippen LogP contribution in [0, 0.1) is 0 Å². The predicted molar refractivity (Wildman–Crippen MR) is 71.5 cm³/mol. The van der Waals surface area contributed by atoms with E-state index in [1.807, 2.05) is 23.1 Å². The van der Waals surface area contributed by atoms with Crippen molar-refractivity contribution in [2.75, 3.05) is 31.1 Å². The first-order valence-corrected chi connectivity index (χ1v) is 6.60. The monoisotopic (exact) mass is 245 g/mol. The van der Waals surface area contributed by atoms with Gasteiger partial charge in [-0.1, -0.05) is 18.2 Å². The summed E-state index contributed by atoms with van der Waals surface area (Å²) in [6.07, 6.45) is 1.98. The summed E-state index contributed by atoms with van der Waals surface area (Å²) in [5, 5.41) is 0. The summed E-state index contributed by atoms with van der Waals surface area (Å²) in [5.41, 5.74) is 8.23. The Labute approximate surface area is 107 Å². The lowest BCUT2D eigenvalue weighted by Crippen LogP contribution is -2.39. The summed E-state index contributed by atoms with van der Waals surface area (Å²) in [4.78, 5) is 16.4. The van der Waals surface area contributed by atoms with E-state index in [1.165, 1.54) is 5.56 Å². The average molecular weight is 245 g/mol. The third-order valence-corrected chi connectivity index (χ3v) is 3.86. The van der Waals surface area contributed by atoms with E-state index in [2.05, 4.69) is 11.0 Å². The molecule has 0 saturated carbocycles. The van der Waals surface area contributed by atoms with E-state index in [0.29, 0.717) is 6.54 Å². The summed E-state index contributed by atoms with van der Waals surface area (Å²) in [7, 11) is 0. The van der Waals surface area contributed by atoms with E-state index in [0.717, 1.165) is 38.2 Å². The largest absolute Gasteiger partial charge is 0.326 e. The molecular weight excluding hydrogens is 226 g/mol. The molecule has 18 heavy (non-hydrogen) atoms. The molecule has 3 rings (SSSR count). The van der Waals surface area contributed by atoms with E-state index in [9.17, 15) is 4.79 Å². The molecule has 1 aromatic rings. The van der Waals surface area contributed by atoms with Crippen molar-refractivity contribution in [1.29, 1.82) is 0 Å². The first-order valence-electron chi connectivity index (χ1n) is 6.60. The van der Waals surface area contributed by atoms with Crippen LogP contribution in [-0.2, 0) is 11.2 Å². The molecule has 1 unspecified atom stereocenters. The number of hydrogen-bond donors (Lipinski definition) is 1. The lowest BCUT2D eigenvalue weighted by Gasteiger charge is -2.21. The van der Waals surface area contributed by atoms with E-state index < -0.39 is 0 Å². The highest BCUT2D eigenvalue weighted by Gasteiger charge is 2.27. The van der Waals surface area contributed by atoms with Crippen molar-refractivity contribution < 1.29 is 4.79 Å². The molecule has 0 spiro atoms. The van der Waals surface area contributed by atoms with E-state index in [4.69, 9.17) is 5.73 Å². The third-order valence-electron chi connectivity index (χ3n) is 3.86. The molecule has 1 amide bonds. The van der Waals surface area contributed by atoms with Gasteiger partial charge in [-0.2, -0.15) is 0 Å². The number of carbonyl (C=O) groups is 1. The van der Waals surface area contributed by atoms with Crippen LogP contribution in [0.15, 0.2) is 24.3 Å². The quantitative estimate of drug-likeness (QED) is 0.830. The van der Waals surface area contributed by atoms with Crippen molar-refractivity contribution in [3.05, 3.63) is 29.8 Å². The molecular formula is C14H19N3O. The van der Waals surface area contributed by atoms with E-state index >= 15 is 0 Å². The Kier molecular flexibility index (Phi) is 3.06. The Bertz CT molecular complexity index is 460. The first kappa shape index (κ1) is 11.7. The smallest absolute Gasteiger partial charge is 0.241 e. The molecule has 4 heteroatoms. The SMILES string of the molecule is NC1CCN(CC(=O)N2CCc3ccccc32)C1. The van der Waals surface area contributed by atoms with Gasteiger partial charge in [-0.15, -0.1) is 0 Å². The summed E-state index contributed by atoms with van der Waals surface area (Å²) in [6, 6.07) is 8.41. The molecule has 1 fully saturated rings. The van der Waals surface area contributed by atoms with Crippen LogP contribution in [0.1, 0.15) is 12.0 Å². The molecule has 1 saturated heterocycles. The number of amides is 1. The minimum atomic E-state index is 0.203. The number of benzene rings is 1. The zero-order chi connectivity index (χ0) is 12.5. The highest BCUT2D eigenvalue weighted by atomic mass is 16.2. The number of nitrogens with zero attached hydrogens (tertiary/aromatic N) is 2. The van der Waals surface area contributed by atoms with Gasteiger partial charge in [-0.05, 0) is 24.5 Å². The van der Waals surface area contributed by atoms with Crippen molar-refractivity contribution >= 4 is 11.6 Å². The van der Waals surface area contributed by atoms with E-state index in [1.54, 1.807) is 0 Å². The van der Waals surface area contributed by atoms with Gasteiger partial charge >= 0.3 is 0 Å². The standard InChI is InChI=1S/C14H19N3O/c15-12-6-7-16(9-12)10-14(18)17-8-5-11-3-1-2-4-13(11)17/h1-4,12H,5-10,15H2. The van der Waals surface area contributed by atoms with Crippen molar-refractivity contribution in [3.63, 3.8) is 0 Å². The highest BCUT2D eigenvalue weighted by molar-refractivity contribution is 5.96. The summed E-state index contributed by atoms with van der Waals surface area (Å²) in [5.74, 6) is 0.203. The topological polar surface area (TPSA) is 49.6 Å². The number of rotatable bonds is 2. The highest BCUT2D eigenvalue weighted by Crippen LogP contribution is 2.27. The Morgan fingerprint density at radius 1 is 1.33 bits per heavy atom. The number of fused-ring (bicyclic) bond motifs is 1. The maximum atomic E-state index is 12.3. The first-order chi connectivity index (χ1) is 8.74. The molecule has 2 aliphatic heterocycles. The maximum absolute atomic E-state index is 12.3. The van der Waals surface area contributed by atoms with Gasteiger partial charge in [0.25, 0.3) is 0 Å².